The van der Waals surface area contributed by atoms with E-state index in [0.29, 0.717) is 11.4 Å². The van der Waals surface area contributed by atoms with Crippen molar-refractivity contribution in [2.75, 3.05) is 23.9 Å². The van der Waals surface area contributed by atoms with Gasteiger partial charge < -0.3 is 14.8 Å². The van der Waals surface area contributed by atoms with Gasteiger partial charge in [-0.15, -0.1) is 0 Å². The minimum atomic E-state index is -4.16. The Kier molecular flexibility index (Phi) is 7.30. The van der Waals surface area contributed by atoms with E-state index in [-0.39, 0.29) is 39.6 Å². The molecule has 1 aliphatic heterocycles. The number of nitrogens with zero attached hydrogens (tertiary/aromatic N) is 1. The van der Waals surface area contributed by atoms with Crippen LogP contribution in [0.5, 0.6) is 5.75 Å². The number of methoxy groups -OCH3 is 1. The van der Waals surface area contributed by atoms with Crippen LogP contribution in [0.2, 0.25) is 0 Å². The smallest absolute Gasteiger partial charge is 0.338 e. The summed E-state index contributed by atoms with van der Waals surface area (Å²) in [6.45, 7) is 3.47. The number of amides is 2. The number of esters is 1. The number of hydrogen-bond acceptors (Lipinski definition) is 7. The van der Waals surface area contributed by atoms with Crippen molar-refractivity contribution in [2.45, 2.75) is 36.1 Å². The average molecular weight is 523 g/mol. The van der Waals surface area contributed by atoms with Crippen LogP contribution in [0.15, 0.2) is 76.5 Å². The molecule has 0 fully saturated rings. The Morgan fingerprint density at radius 2 is 1.73 bits per heavy atom. The first-order valence-corrected chi connectivity index (χ1v) is 13.1. The predicted molar refractivity (Wildman–Crippen MR) is 137 cm³/mol. The van der Waals surface area contributed by atoms with Gasteiger partial charge in [0.1, 0.15) is 11.8 Å². The normalized spacial score (nSPS) is 14.6. The fourth-order valence-electron chi connectivity index (χ4n) is 4.23. The number of fused-ring (bicyclic) bond motifs is 2. The Labute approximate surface area is 214 Å². The van der Waals surface area contributed by atoms with E-state index in [1.54, 1.807) is 44.2 Å². The fraction of sp³-hybridized carbons (Fsp3) is 0.222. The number of nitrogens with one attached hydrogen (secondary N) is 1. The Morgan fingerprint density at radius 1 is 0.973 bits per heavy atom. The summed E-state index contributed by atoms with van der Waals surface area (Å²) in [5.74, 6) is -1.35. The molecule has 1 atom stereocenters. The predicted octanol–water partition coefficient (Wildman–Crippen LogP) is 4.08. The molecule has 0 aromatic heterocycles. The Balaban J connectivity index is 1.89. The molecule has 3 aromatic rings. The monoisotopic (exact) mass is 522 g/mol. The molecule has 0 saturated carbocycles. The second-order valence-electron chi connectivity index (χ2n) is 8.22. The lowest BCUT2D eigenvalue weighted by atomic mass is 10.1. The van der Waals surface area contributed by atoms with Crippen molar-refractivity contribution in [3.63, 3.8) is 0 Å². The standard InChI is InChI=1S/C27H26N2O7S/c1-4-21(25(30)28-18-9-8-10-19(16-18)35-3)29-22-15-17(27(32)36-5-2)13-14-24(22)37(33,34)23-12-7-6-11-20(23)26(29)31/h6-16,21H,4-5H2,1-3H3,(H,28,30)/t21-/m1/s1. The first-order valence-electron chi connectivity index (χ1n) is 11.7. The number of benzene rings is 3. The highest BCUT2D eigenvalue weighted by molar-refractivity contribution is 7.91. The lowest BCUT2D eigenvalue weighted by Crippen LogP contribution is -2.47. The molecule has 0 spiro atoms. The van der Waals surface area contributed by atoms with E-state index in [4.69, 9.17) is 9.47 Å². The third-order valence-electron chi connectivity index (χ3n) is 5.98. The van der Waals surface area contributed by atoms with Gasteiger partial charge in [0.05, 0.1) is 40.3 Å². The van der Waals surface area contributed by atoms with Gasteiger partial charge in [-0.05, 0) is 55.8 Å². The molecule has 4 rings (SSSR count). The van der Waals surface area contributed by atoms with Crippen LogP contribution >= 0.6 is 0 Å². The number of ether oxygens (including phenoxy) is 2. The molecule has 9 nitrogen and oxygen atoms in total. The zero-order valence-electron chi connectivity index (χ0n) is 20.6. The van der Waals surface area contributed by atoms with Gasteiger partial charge in [0.25, 0.3) is 5.91 Å². The van der Waals surface area contributed by atoms with Crippen LogP contribution < -0.4 is 15.0 Å². The molecular weight excluding hydrogens is 496 g/mol. The van der Waals surface area contributed by atoms with Gasteiger partial charge >= 0.3 is 5.97 Å². The minimum absolute atomic E-state index is 0.0580. The summed E-state index contributed by atoms with van der Waals surface area (Å²) in [4.78, 5) is 40.7. The highest BCUT2D eigenvalue weighted by atomic mass is 32.2. The van der Waals surface area contributed by atoms with E-state index in [9.17, 15) is 22.8 Å². The second kappa shape index (κ2) is 10.4. The van der Waals surface area contributed by atoms with Crippen LogP contribution in [-0.2, 0) is 19.4 Å². The van der Waals surface area contributed by atoms with Gasteiger partial charge in [-0.25, -0.2) is 13.2 Å². The third kappa shape index (κ3) is 4.79. The summed E-state index contributed by atoms with van der Waals surface area (Å²) in [5, 5.41) is 2.79. The minimum Gasteiger partial charge on any atom is -0.497 e. The second-order valence-corrected chi connectivity index (χ2v) is 10.1. The van der Waals surface area contributed by atoms with Crippen molar-refractivity contribution in [3.8, 4) is 5.75 Å². The molecule has 0 aliphatic carbocycles. The lowest BCUT2D eigenvalue weighted by molar-refractivity contribution is -0.117. The molecule has 1 aliphatic rings. The van der Waals surface area contributed by atoms with E-state index in [1.807, 2.05) is 0 Å². The molecule has 10 heteroatoms. The maximum atomic E-state index is 13.9. The quantitative estimate of drug-likeness (QED) is 0.464. The van der Waals surface area contributed by atoms with Crippen LogP contribution in [0.1, 0.15) is 41.0 Å². The molecule has 2 amide bonds. The maximum absolute atomic E-state index is 13.9. The van der Waals surface area contributed by atoms with Crippen molar-refractivity contribution >= 4 is 39.0 Å². The first kappa shape index (κ1) is 25.9. The molecule has 1 N–H and O–H groups in total. The highest BCUT2D eigenvalue weighted by Gasteiger charge is 2.40. The number of sulfone groups is 1. The maximum Gasteiger partial charge on any atom is 0.338 e. The number of hydrogen-bond donors (Lipinski definition) is 1. The van der Waals surface area contributed by atoms with Crippen LogP contribution in [0.3, 0.4) is 0 Å². The molecule has 0 unspecified atom stereocenters. The molecule has 0 bridgehead atoms. The fourth-order valence-corrected chi connectivity index (χ4v) is 5.85. The van der Waals surface area contributed by atoms with Gasteiger partial charge in [-0.1, -0.05) is 25.1 Å². The molecule has 3 aromatic carbocycles. The van der Waals surface area contributed by atoms with Gasteiger partial charge in [-0.3, -0.25) is 14.5 Å². The summed E-state index contributed by atoms with van der Waals surface area (Å²) in [7, 11) is -2.65. The number of carbonyl (C=O) groups is 3. The van der Waals surface area contributed by atoms with E-state index < -0.39 is 33.7 Å². The van der Waals surface area contributed by atoms with Crippen LogP contribution in [0.4, 0.5) is 11.4 Å². The van der Waals surface area contributed by atoms with Crippen molar-refractivity contribution in [1.82, 2.24) is 0 Å². The van der Waals surface area contributed by atoms with Crippen LogP contribution in [0, 0.1) is 0 Å². The van der Waals surface area contributed by atoms with Crippen molar-refractivity contribution in [1.29, 1.82) is 0 Å². The van der Waals surface area contributed by atoms with Crippen LogP contribution in [-0.4, -0.2) is 46.0 Å². The van der Waals surface area contributed by atoms with Gasteiger partial charge in [-0.2, -0.15) is 0 Å². The average Bonchev–Trinajstić information content (AvgIpc) is 2.97. The number of anilines is 2. The van der Waals surface area contributed by atoms with E-state index in [1.165, 1.54) is 43.5 Å². The largest absolute Gasteiger partial charge is 0.497 e. The van der Waals surface area contributed by atoms with E-state index in [0.717, 1.165) is 4.90 Å². The molecule has 0 radical (unpaired) electrons. The molecule has 37 heavy (non-hydrogen) atoms. The van der Waals surface area contributed by atoms with Gasteiger partial charge in [0, 0.05) is 11.8 Å². The number of carbonyl (C=O) groups excluding carboxylic acids is 3. The zero-order chi connectivity index (χ0) is 26.7. The van der Waals surface area contributed by atoms with Crippen LogP contribution in [0.25, 0.3) is 0 Å². The summed E-state index contributed by atoms with van der Waals surface area (Å²) >= 11 is 0. The summed E-state index contributed by atoms with van der Waals surface area (Å²) in [5.41, 5.74) is 0.365. The molecule has 0 saturated heterocycles. The summed E-state index contributed by atoms with van der Waals surface area (Å²) in [6.07, 6.45) is 0.160. The zero-order valence-corrected chi connectivity index (χ0v) is 21.4. The Morgan fingerprint density at radius 3 is 2.43 bits per heavy atom. The highest BCUT2D eigenvalue weighted by Crippen LogP contribution is 2.39. The Hall–Kier alpha value is -4.18. The van der Waals surface area contributed by atoms with Gasteiger partial charge in [0.15, 0.2) is 0 Å². The summed E-state index contributed by atoms with van der Waals surface area (Å²) < 4.78 is 37.6. The number of rotatable bonds is 7. The SMILES string of the molecule is CCOC(=O)c1ccc2c(c1)N([C@H](CC)C(=O)Nc1cccc(OC)c1)C(=O)c1ccccc1S2(=O)=O. The lowest BCUT2D eigenvalue weighted by Gasteiger charge is -2.30. The van der Waals surface area contributed by atoms with Crippen molar-refractivity contribution < 1.29 is 32.3 Å². The van der Waals surface area contributed by atoms with Crippen molar-refractivity contribution in [3.05, 3.63) is 77.9 Å². The Bertz CT molecular complexity index is 1480. The van der Waals surface area contributed by atoms with E-state index in [2.05, 4.69) is 5.32 Å². The molecular formula is C27H26N2O7S. The molecule has 1 heterocycles. The topological polar surface area (TPSA) is 119 Å². The summed E-state index contributed by atoms with van der Waals surface area (Å²) in [6, 6.07) is 15.4. The van der Waals surface area contributed by atoms with Crippen molar-refractivity contribution in [2.24, 2.45) is 0 Å². The molecule has 192 valence electrons. The third-order valence-corrected chi connectivity index (χ3v) is 7.84. The first-order chi connectivity index (χ1) is 17.7. The van der Waals surface area contributed by atoms with E-state index >= 15 is 0 Å². The van der Waals surface area contributed by atoms with Gasteiger partial charge in [0.2, 0.25) is 15.7 Å².